The number of alkyl halides is 3. The zero-order chi connectivity index (χ0) is 22.8. The molecule has 0 saturated carbocycles. The molecule has 0 unspecified atom stereocenters. The second-order valence-corrected chi connectivity index (χ2v) is 7.26. The van der Waals surface area contributed by atoms with Crippen LogP contribution in [-0.2, 0) is 11.0 Å². The van der Waals surface area contributed by atoms with Gasteiger partial charge < -0.3 is 15.3 Å². The van der Waals surface area contributed by atoms with E-state index < -0.39 is 23.4 Å². The summed E-state index contributed by atoms with van der Waals surface area (Å²) in [5.41, 5.74) is -0.652. The van der Waals surface area contributed by atoms with E-state index in [9.17, 15) is 22.8 Å². The van der Waals surface area contributed by atoms with Crippen LogP contribution in [0.3, 0.4) is 0 Å². The highest BCUT2D eigenvalue weighted by Crippen LogP contribution is 2.30. The van der Waals surface area contributed by atoms with Gasteiger partial charge in [0.15, 0.2) is 0 Å². The Morgan fingerprint density at radius 3 is 2.52 bits per heavy atom. The van der Waals surface area contributed by atoms with E-state index in [0.717, 1.165) is 12.1 Å². The molecule has 1 aromatic carbocycles. The Morgan fingerprint density at radius 2 is 1.97 bits per heavy atom. The lowest BCUT2D eigenvalue weighted by Gasteiger charge is -2.24. The molecule has 1 saturated heterocycles. The van der Waals surface area contributed by atoms with E-state index in [1.54, 1.807) is 20.0 Å². The fraction of sp³-hybridized carbons (Fsp3) is 0.333. The molecule has 2 aromatic rings. The van der Waals surface area contributed by atoms with Crippen molar-refractivity contribution in [3.63, 3.8) is 0 Å². The minimum absolute atomic E-state index is 0.0601. The van der Waals surface area contributed by atoms with Crippen LogP contribution < -0.4 is 5.32 Å². The normalized spacial score (nSPS) is 18.5. The first kappa shape index (κ1) is 22.1. The Bertz CT molecular complexity index is 1070. The molecule has 3 rings (SSSR count). The number of carbonyl (C=O) groups is 2. The van der Waals surface area contributed by atoms with Crippen molar-refractivity contribution in [3.8, 4) is 23.1 Å². The van der Waals surface area contributed by atoms with Crippen LogP contribution >= 0.6 is 0 Å². The molecule has 0 bridgehead atoms. The molecule has 2 N–H and O–H groups in total. The van der Waals surface area contributed by atoms with E-state index in [2.05, 4.69) is 27.1 Å². The first-order valence-corrected chi connectivity index (χ1v) is 9.29. The minimum Gasteiger partial charge on any atom is -0.465 e. The summed E-state index contributed by atoms with van der Waals surface area (Å²) >= 11 is 0. The zero-order valence-electron chi connectivity index (χ0n) is 16.7. The van der Waals surface area contributed by atoms with Crippen molar-refractivity contribution in [2.45, 2.75) is 31.5 Å². The number of aromatic nitrogens is 2. The van der Waals surface area contributed by atoms with Crippen LogP contribution in [0.1, 0.15) is 29.9 Å². The Labute approximate surface area is 176 Å². The zero-order valence-corrected chi connectivity index (χ0v) is 16.7. The number of likely N-dealkylation sites (tertiary alicyclic amines) is 1. The van der Waals surface area contributed by atoms with Gasteiger partial charge in [-0.2, -0.15) is 13.2 Å². The van der Waals surface area contributed by atoms with Gasteiger partial charge in [-0.25, -0.2) is 14.8 Å². The highest BCUT2D eigenvalue weighted by Gasteiger charge is 2.46. The van der Waals surface area contributed by atoms with Gasteiger partial charge in [-0.3, -0.25) is 4.79 Å². The number of halogens is 3. The smallest absolute Gasteiger partial charge is 0.416 e. The molecule has 1 atom stereocenters. The predicted molar refractivity (Wildman–Crippen MR) is 105 cm³/mol. The quantitative estimate of drug-likeness (QED) is 0.727. The number of nitrogens with zero attached hydrogens (tertiary/aromatic N) is 3. The maximum Gasteiger partial charge on any atom is 0.416 e. The number of likely N-dealkylation sites (N-methyl/N-ethyl adjacent to an activating group) is 1. The monoisotopic (exact) mass is 432 g/mol. The minimum atomic E-state index is -4.43. The van der Waals surface area contributed by atoms with Crippen LogP contribution in [0.5, 0.6) is 0 Å². The molecule has 1 aliphatic heterocycles. The molecule has 31 heavy (non-hydrogen) atoms. The van der Waals surface area contributed by atoms with Crippen molar-refractivity contribution >= 4 is 12.0 Å². The summed E-state index contributed by atoms with van der Waals surface area (Å²) < 4.78 is 38.3. The number of amides is 2. The van der Waals surface area contributed by atoms with E-state index in [-0.39, 0.29) is 24.6 Å². The maximum atomic E-state index is 12.8. The Kier molecular flexibility index (Phi) is 5.88. The average molecular weight is 432 g/mol. The largest absolute Gasteiger partial charge is 0.465 e. The molecule has 1 aliphatic rings. The van der Waals surface area contributed by atoms with E-state index in [4.69, 9.17) is 5.11 Å². The molecule has 2 amide bonds. The third-order valence-corrected chi connectivity index (χ3v) is 4.93. The standard InChI is InChI=1S/C21H19F3N4O3/c1-13-12-16(14-5-7-15(8-6-14)21(22,23)24)26-17(25-13)4-3-9-20(27-19(30)31)10-11-28(2)18(20)29/h5-8,12,27H,9-11H2,1-2H3,(H,30,31)/t20-/m0/s1. The van der Waals surface area contributed by atoms with Gasteiger partial charge in [0, 0.05) is 31.3 Å². The highest BCUT2D eigenvalue weighted by molar-refractivity contribution is 5.91. The van der Waals surface area contributed by atoms with Crippen molar-refractivity contribution < 1.29 is 27.9 Å². The first-order valence-electron chi connectivity index (χ1n) is 9.29. The fourth-order valence-electron chi connectivity index (χ4n) is 3.34. The Hall–Kier alpha value is -3.61. The number of carbonyl (C=O) groups excluding carboxylic acids is 1. The number of hydrogen-bond acceptors (Lipinski definition) is 4. The predicted octanol–water partition coefficient (Wildman–Crippen LogP) is 3.08. The van der Waals surface area contributed by atoms with Crippen LogP contribution in [0, 0.1) is 18.8 Å². The third kappa shape index (κ3) is 4.94. The molecule has 0 spiro atoms. The molecule has 1 fully saturated rings. The summed E-state index contributed by atoms with van der Waals surface area (Å²) in [6.07, 6.45) is -5.52. The summed E-state index contributed by atoms with van der Waals surface area (Å²) in [6, 6.07) is 6.21. The number of nitrogens with one attached hydrogen (secondary N) is 1. The number of hydrogen-bond donors (Lipinski definition) is 2. The van der Waals surface area contributed by atoms with E-state index >= 15 is 0 Å². The lowest BCUT2D eigenvalue weighted by atomic mass is 9.93. The van der Waals surface area contributed by atoms with Crippen molar-refractivity contribution in [2.75, 3.05) is 13.6 Å². The van der Waals surface area contributed by atoms with E-state index in [1.165, 1.54) is 17.0 Å². The van der Waals surface area contributed by atoms with E-state index in [0.29, 0.717) is 23.5 Å². The van der Waals surface area contributed by atoms with Gasteiger partial charge in [-0.15, -0.1) is 0 Å². The number of aryl methyl sites for hydroxylation is 1. The van der Waals surface area contributed by atoms with Crippen molar-refractivity contribution in [3.05, 3.63) is 47.4 Å². The second-order valence-electron chi connectivity index (χ2n) is 7.26. The van der Waals surface area contributed by atoms with Gasteiger partial charge in [0.2, 0.25) is 11.7 Å². The fourth-order valence-corrected chi connectivity index (χ4v) is 3.34. The number of carboxylic acid groups (broad SMARTS) is 1. The molecule has 1 aromatic heterocycles. The molecule has 10 heteroatoms. The topological polar surface area (TPSA) is 95.4 Å². The summed E-state index contributed by atoms with van der Waals surface area (Å²) in [5, 5.41) is 11.4. The number of rotatable bonds is 3. The molecular weight excluding hydrogens is 413 g/mol. The van der Waals surface area contributed by atoms with Crippen LogP contribution in [0.4, 0.5) is 18.0 Å². The van der Waals surface area contributed by atoms with Crippen LogP contribution in [0.2, 0.25) is 0 Å². The molecule has 2 heterocycles. The van der Waals surface area contributed by atoms with Crippen LogP contribution in [0.25, 0.3) is 11.3 Å². The van der Waals surface area contributed by atoms with E-state index in [1.807, 2.05) is 0 Å². The molecule has 7 nitrogen and oxygen atoms in total. The lowest BCUT2D eigenvalue weighted by Crippen LogP contribution is -2.53. The average Bonchev–Trinajstić information content (AvgIpc) is 2.95. The van der Waals surface area contributed by atoms with Crippen molar-refractivity contribution in [1.29, 1.82) is 0 Å². The first-order chi connectivity index (χ1) is 14.5. The van der Waals surface area contributed by atoms with Gasteiger partial charge in [-0.05, 0) is 37.5 Å². The molecule has 162 valence electrons. The summed E-state index contributed by atoms with van der Waals surface area (Å²) in [4.78, 5) is 33.5. The van der Waals surface area contributed by atoms with Gasteiger partial charge in [0.1, 0.15) is 5.54 Å². The van der Waals surface area contributed by atoms with Crippen LogP contribution in [-0.4, -0.2) is 51.1 Å². The summed E-state index contributed by atoms with van der Waals surface area (Å²) in [7, 11) is 1.58. The summed E-state index contributed by atoms with van der Waals surface area (Å²) in [6.45, 7) is 2.10. The maximum absolute atomic E-state index is 12.8. The molecule has 0 aliphatic carbocycles. The lowest BCUT2D eigenvalue weighted by molar-refractivity contribution is -0.137. The Balaban J connectivity index is 1.85. The Morgan fingerprint density at radius 1 is 1.29 bits per heavy atom. The van der Waals surface area contributed by atoms with Crippen LogP contribution in [0.15, 0.2) is 30.3 Å². The third-order valence-electron chi connectivity index (χ3n) is 4.93. The molecule has 0 radical (unpaired) electrons. The van der Waals surface area contributed by atoms with Gasteiger partial charge in [0.05, 0.1) is 11.3 Å². The molecular formula is C21H19F3N4O3. The number of benzene rings is 1. The van der Waals surface area contributed by atoms with Gasteiger partial charge >= 0.3 is 12.3 Å². The second kappa shape index (κ2) is 8.26. The highest BCUT2D eigenvalue weighted by atomic mass is 19.4. The SMILES string of the molecule is Cc1cc(-c2ccc(C(F)(F)F)cc2)nc(C#CC[C@]2(NC(=O)O)CCN(C)C2=O)n1. The van der Waals surface area contributed by atoms with Gasteiger partial charge in [-0.1, -0.05) is 18.1 Å². The summed E-state index contributed by atoms with van der Waals surface area (Å²) in [5.74, 6) is 5.28. The van der Waals surface area contributed by atoms with Crippen molar-refractivity contribution in [1.82, 2.24) is 20.2 Å². The van der Waals surface area contributed by atoms with Crippen molar-refractivity contribution in [2.24, 2.45) is 0 Å². The van der Waals surface area contributed by atoms with Gasteiger partial charge in [0.25, 0.3) is 0 Å².